The Hall–Kier alpha value is -12.6. The number of aryl methyl sites for hydroxylation is 1. The van der Waals surface area contributed by atoms with Crippen LogP contribution in [-0.2, 0) is 0 Å². The van der Waals surface area contributed by atoms with Gasteiger partial charge in [0.05, 0.1) is 77.9 Å². The van der Waals surface area contributed by atoms with Crippen LogP contribution in [0.15, 0.2) is 108 Å². The second-order valence-electron chi connectivity index (χ2n) is 15.2. The molecule has 0 aromatic heterocycles. The number of nitriles is 14. The molecule has 6 aromatic rings. The Labute approximate surface area is 405 Å². The van der Waals surface area contributed by atoms with E-state index in [1.165, 1.54) is 78.9 Å². The topological polar surface area (TPSA) is 333 Å². The zero-order valence-corrected chi connectivity index (χ0v) is 36.4. The molecule has 1 aliphatic rings. The zero-order chi connectivity index (χ0) is 51.1. The van der Waals surface area contributed by atoms with Crippen molar-refractivity contribution in [3.8, 4) is 85.0 Å². The lowest BCUT2D eigenvalue weighted by Crippen LogP contribution is -2.00. The molecule has 0 N–H and O–H groups in total. The fourth-order valence-corrected chi connectivity index (χ4v) is 8.34. The van der Waals surface area contributed by atoms with Crippen LogP contribution in [-0.4, -0.2) is 0 Å². The summed E-state index contributed by atoms with van der Waals surface area (Å²) in [6.45, 7) is 1.60. The monoisotopic (exact) mass is 898 g/mol. The summed E-state index contributed by atoms with van der Waals surface area (Å²) >= 11 is 0. The minimum absolute atomic E-state index is 0.00665. The minimum Gasteiger partial charge on any atom is -0.192 e. The highest BCUT2D eigenvalue weighted by molar-refractivity contribution is 6.14. The highest BCUT2D eigenvalue weighted by atomic mass is 14.5. The normalized spacial score (nSPS) is 12.6. The molecule has 0 heterocycles. The molecular weight excluding hydrogens is 881 g/mol. The molecule has 7 rings (SSSR count). The first-order valence-electron chi connectivity index (χ1n) is 20.3. The summed E-state index contributed by atoms with van der Waals surface area (Å²) in [6.07, 6.45) is 0. The standard InChI is InChI=1S/C57H18N14/c1-31-10-39(14-44(24-65)48(31)27-68)52(32-2-5-35(17-58)41(11-32)21-62)55-56(53(33-3-6-36(18-59)42(12-33)22-63)40-15-45(25-66)49(28-69)46(16-40)26-67)57(55)54(34-4-7-37(19-60)43(13-34)23-64)47-9-8-38(20-61)50(29-70)51(47)30-71/h2-16H,1H3. The smallest absolute Gasteiger partial charge is 0.102 e. The molecule has 6 aromatic carbocycles. The summed E-state index contributed by atoms with van der Waals surface area (Å²) in [5.41, 5.74) is 0.924. The van der Waals surface area contributed by atoms with E-state index in [-0.39, 0.29) is 145 Å². The minimum atomic E-state index is -0.306. The van der Waals surface area contributed by atoms with Gasteiger partial charge in [0, 0.05) is 5.56 Å². The molecule has 71 heavy (non-hydrogen) atoms. The van der Waals surface area contributed by atoms with Crippen LogP contribution in [0.1, 0.15) is 117 Å². The van der Waals surface area contributed by atoms with E-state index < -0.39 is 0 Å². The van der Waals surface area contributed by atoms with Crippen LogP contribution < -0.4 is 0 Å². The lowest BCUT2D eigenvalue weighted by molar-refractivity contribution is 1.34. The fourth-order valence-electron chi connectivity index (χ4n) is 8.34. The summed E-state index contributed by atoms with van der Waals surface area (Å²) in [5.74, 6) is 0. The van der Waals surface area contributed by atoms with E-state index in [9.17, 15) is 73.7 Å². The number of benzene rings is 6. The molecule has 14 heteroatoms. The van der Waals surface area contributed by atoms with Gasteiger partial charge in [0.1, 0.15) is 85.0 Å². The van der Waals surface area contributed by atoms with Crippen LogP contribution in [0.5, 0.6) is 0 Å². The molecule has 0 atom stereocenters. The SMILES string of the molecule is Cc1cc(C(=C2C(=C(c3ccc(C#N)c(C#N)c3)c3cc(C#N)c(C#N)c(C#N)c3)C2=C(c2ccc(C#N)c(C#N)c2)c2ccc(C#N)c(C#N)c2C#N)c2ccc(C#N)c(C#N)c2)cc(C#N)c1C#N. The first-order chi connectivity index (χ1) is 34.5. The van der Waals surface area contributed by atoms with Gasteiger partial charge in [-0.15, -0.1) is 0 Å². The number of rotatable bonds is 6. The van der Waals surface area contributed by atoms with Crippen molar-refractivity contribution in [2.75, 3.05) is 0 Å². The van der Waals surface area contributed by atoms with Gasteiger partial charge in [-0.05, 0) is 140 Å². The van der Waals surface area contributed by atoms with Crippen LogP contribution in [0.25, 0.3) is 16.7 Å². The fraction of sp³-hybridized carbons (Fsp3) is 0.0175. The van der Waals surface area contributed by atoms with Gasteiger partial charge in [0.25, 0.3) is 0 Å². The van der Waals surface area contributed by atoms with Crippen LogP contribution in [0.4, 0.5) is 0 Å². The van der Waals surface area contributed by atoms with Gasteiger partial charge in [0.15, 0.2) is 0 Å². The van der Waals surface area contributed by atoms with Crippen molar-refractivity contribution in [1.29, 1.82) is 73.7 Å². The van der Waals surface area contributed by atoms with Crippen LogP contribution in [0.3, 0.4) is 0 Å². The molecule has 0 saturated heterocycles. The average molecular weight is 899 g/mol. The largest absolute Gasteiger partial charge is 0.192 e. The summed E-state index contributed by atoms with van der Waals surface area (Å²) in [7, 11) is 0. The molecule has 0 aliphatic heterocycles. The van der Waals surface area contributed by atoms with Gasteiger partial charge in [-0.25, -0.2) is 0 Å². The average Bonchev–Trinajstić information content (AvgIpc) is 4.11. The maximum absolute atomic E-state index is 10.9. The maximum atomic E-state index is 10.9. The first-order valence-corrected chi connectivity index (χ1v) is 20.3. The van der Waals surface area contributed by atoms with E-state index in [0.29, 0.717) is 5.56 Å². The number of hydrogen-bond donors (Lipinski definition) is 0. The number of allylic oxidation sites excluding steroid dienone is 3. The Kier molecular flexibility index (Phi) is 12.6. The third-order valence-electron chi connectivity index (χ3n) is 11.5. The molecule has 0 radical (unpaired) electrons. The zero-order valence-electron chi connectivity index (χ0n) is 36.4. The van der Waals surface area contributed by atoms with Crippen molar-refractivity contribution < 1.29 is 0 Å². The van der Waals surface area contributed by atoms with Crippen molar-refractivity contribution in [3.05, 3.63) is 225 Å². The second-order valence-corrected chi connectivity index (χ2v) is 15.2. The van der Waals surface area contributed by atoms with E-state index >= 15 is 0 Å². The molecule has 0 bridgehead atoms. The summed E-state index contributed by atoms with van der Waals surface area (Å²) in [4.78, 5) is 0. The van der Waals surface area contributed by atoms with Crippen molar-refractivity contribution in [2.24, 2.45) is 0 Å². The van der Waals surface area contributed by atoms with E-state index in [1.54, 1.807) is 19.1 Å². The van der Waals surface area contributed by atoms with E-state index in [0.717, 1.165) is 0 Å². The van der Waals surface area contributed by atoms with Gasteiger partial charge in [-0.2, -0.15) is 73.7 Å². The van der Waals surface area contributed by atoms with E-state index in [4.69, 9.17) is 0 Å². The van der Waals surface area contributed by atoms with Crippen LogP contribution in [0, 0.1) is 166 Å². The van der Waals surface area contributed by atoms with Crippen molar-refractivity contribution in [2.45, 2.75) is 6.92 Å². The molecule has 1 fully saturated rings. The number of hydrogen-bond acceptors (Lipinski definition) is 14. The summed E-state index contributed by atoms with van der Waals surface area (Å²) in [5, 5.41) is 144. The van der Waals surface area contributed by atoms with E-state index in [2.05, 4.69) is 18.2 Å². The summed E-state index contributed by atoms with van der Waals surface area (Å²) < 4.78 is 0. The highest BCUT2D eigenvalue weighted by Crippen LogP contribution is 2.60. The van der Waals surface area contributed by atoms with Crippen LogP contribution in [0.2, 0.25) is 0 Å². The number of nitrogens with zero attached hydrogens (tertiary/aromatic N) is 14. The quantitative estimate of drug-likeness (QED) is 0.150. The maximum Gasteiger partial charge on any atom is 0.102 e. The second kappa shape index (κ2) is 19.2. The molecule has 0 unspecified atom stereocenters. The Bertz CT molecular complexity index is 4190. The third-order valence-corrected chi connectivity index (χ3v) is 11.5. The molecule has 1 saturated carbocycles. The van der Waals surface area contributed by atoms with Gasteiger partial charge < -0.3 is 0 Å². The Morgan fingerprint density at radius 1 is 0.254 bits per heavy atom. The van der Waals surface area contributed by atoms with Gasteiger partial charge in [-0.3, -0.25) is 0 Å². The molecule has 0 amide bonds. The van der Waals surface area contributed by atoms with Gasteiger partial charge in [0.2, 0.25) is 0 Å². The van der Waals surface area contributed by atoms with E-state index in [1.807, 2.05) is 66.8 Å². The van der Waals surface area contributed by atoms with Crippen molar-refractivity contribution >= 4 is 16.7 Å². The molecular formula is C57H18N14. The molecule has 1 aliphatic carbocycles. The Morgan fingerprint density at radius 3 is 0.930 bits per heavy atom. The highest BCUT2D eigenvalue weighted by Gasteiger charge is 2.43. The van der Waals surface area contributed by atoms with Crippen molar-refractivity contribution in [3.63, 3.8) is 0 Å². The lowest BCUT2D eigenvalue weighted by atomic mass is 9.87. The third kappa shape index (κ3) is 7.89. The predicted octanol–water partition coefficient (Wildman–Crippen LogP) is 9.02. The van der Waals surface area contributed by atoms with Crippen molar-refractivity contribution in [1.82, 2.24) is 0 Å². The Morgan fingerprint density at radius 2 is 0.563 bits per heavy atom. The molecule has 0 spiro atoms. The molecule has 316 valence electrons. The lowest BCUT2D eigenvalue weighted by Gasteiger charge is -2.14. The summed E-state index contributed by atoms with van der Waals surface area (Å²) in [6, 6.07) is 49.3. The van der Waals surface area contributed by atoms with Crippen LogP contribution >= 0.6 is 0 Å². The Balaban J connectivity index is 1.93. The predicted molar refractivity (Wildman–Crippen MR) is 247 cm³/mol. The molecule has 14 nitrogen and oxygen atoms in total. The van der Waals surface area contributed by atoms with Gasteiger partial charge in [-0.1, -0.05) is 24.3 Å². The first kappa shape index (κ1) is 46.4. The van der Waals surface area contributed by atoms with Gasteiger partial charge >= 0.3 is 0 Å².